The standard InChI is InChI=1S/C25H31FN4O3/c1-25(2,28-22(31)14-17-8-10-20(26)11-9-17)24(33)30-13-12-29(4)21(16-30)18-6-5-7-19(15-18)23(32)27-3/h5-11,15,21H,12-14,16H2,1-4H3,(H,27,32)(H,28,31)/t21-/m0/s1. The third-order valence-corrected chi connectivity index (χ3v) is 5.96. The van der Waals surface area contributed by atoms with Crippen molar-refractivity contribution in [1.82, 2.24) is 20.4 Å². The third kappa shape index (κ3) is 5.96. The molecule has 2 aromatic carbocycles. The Hall–Kier alpha value is -3.26. The lowest BCUT2D eigenvalue weighted by molar-refractivity contribution is -0.142. The number of halogens is 1. The van der Waals surface area contributed by atoms with E-state index in [2.05, 4.69) is 15.5 Å². The average molecular weight is 455 g/mol. The van der Waals surface area contributed by atoms with Crippen molar-refractivity contribution in [1.29, 1.82) is 0 Å². The monoisotopic (exact) mass is 454 g/mol. The van der Waals surface area contributed by atoms with Gasteiger partial charge in [0.05, 0.1) is 12.5 Å². The smallest absolute Gasteiger partial charge is 0.251 e. The SMILES string of the molecule is CNC(=O)c1cccc([C@@H]2CN(C(=O)C(C)(C)NC(=O)Cc3ccc(F)cc3)CCN2C)c1. The van der Waals surface area contributed by atoms with Gasteiger partial charge in [-0.15, -0.1) is 0 Å². The molecule has 0 saturated carbocycles. The predicted octanol–water partition coefficient (Wildman–Crippen LogP) is 2.14. The Kier molecular flexibility index (Phi) is 7.48. The maximum absolute atomic E-state index is 13.3. The van der Waals surface area contributed by atoms with Crippen LogP contribution in [-0.4, -0.2) is 66.8 Å². The number of piperazine rings is 1. The molecule has 0 spiro atoms. The molecule has 2 N–H and O–H groups in total. The quantitative estimate of drug-likeness (QED) is 0.701. The molecular formula is C25H31FN4O3. The highest BCUT2D eigenvalue weighted by Gasteiger charge is 2.37. The van der Waals surface area contributed by atoms with Crippen LogP contribution in [0.4, 0.5) is 4.39 Å². The molecule has 1 aliphatic heterocycles. The van der Waals surface area contributed by atoms with Gasteiger partial charge in [-0.3, -0.25) is 19.3 Å². The molecular weight excluding hydrogens is 423 g/mol. The van der Waals surface area contributed by atoms with Crippen LogP contribution in [0.3, 0.4) is 0 Å². The Morgan fingerprint density at radius 1 is 1.09 bits per heavy atom. The van der Waals surface area contributed by atoms with Gasteiger partial charge in [0.1, 0.15) is 11.4 Å². The second-order valence-electron chi connectivity index (χ2n) is 8.93. The van der Waals surface area contributed by atoms with E-state index in [1.807, 2.05) is 25.2 Å². The molecule has 0 radical (unpaired) electrons. The molecule has 0 bridgehead atoms. The van der Waals surface area contributed by atoms with Gasteiger partial charge in [0.25, 0.3) is 5.91 Å². The van der Waals surface area contributed by atoms with Crippen LogP contribution in [0, 0.1) is 5.82 Å². The van der Waals surface area contributed by atoms with E-state index in [1.54, 1.807) is 44.0 Å². The van der Waals surface area contributed by atoms with Gasteiger partial charge in [0, 0.05) is 32.2 Å². The van der Waals surface area contributed by atoms with E-state index >= 15 is 0 Å². The second-order valence-corrected chi connectivity index (χ2v) is 8.93. The topological polar surface area (TPSA) is 81.8 Å². The Balaban J connectivity index is 1.69. The zero-order chi connectivity index (χ0) is 24.2. The zero-order valence-corrected chi connectivity index (χ0v) is 19.5. The van der Waals surface area contributed by atoms with Gasteiger partial charge >= 0.3 is 0 Å². The van der Waals surface area contributed by atoms with Crippen LogP contribution in [0.2, 0.25) is 0 Å². The van der Waals surface area contributed by atoms with E-state index in [9.17, 15) is 18.8 Å². The van der Waals surface area contributed by atoms with E-state index < -0.39 is 5.54 Å². The highest BCUT2D eigenvalue weighted by Crippen LogP contribution is 2.26. The van der Waals surface area contributed by atoms with Crippen LogP contribution in [0.5, 0.6) is 0 Å². The van der Waals surface area contributed by atoms with Crippen LogP contribution in [0.15, 0.2) is 48.5 Å². The number of likely N-dealkylation sites (N-methyl/N-ethyl adjacent to an activating group) is 1. The van der Waals surface area contributed by atoms with Gasteiger partial charge in [0.15, 0.2) is 0 Å². The summed E-state index contributed by atoms with van der Waals surface area (Å²) in [6.07, 6.45) is 0.0641. The molecule has 3 amide bonds. The summed E-state index contributed by atoms with van der Waals surface area (Å²) in [4.78, 5) is 41.8. The Labute approximate surface area is 193 Å². The molecule has 176 valence electrons. The van der Waals surface area contributed by atoms with Crippen molar-refractivity contribution in [3.05, 3.63) is 71.0 Å². The summed E-state index contributed by atoms with van der Waals surface area (Å²) < 4.78 is 13.1. The van der Waals surface area contributed by atoms with Crippen LogP contribution >= 0.6 is 0 Å². The fourth-order valence-corrected chi connectivity index (χ4v) is 4.08. The molecule has 1 aliphatic rings. The number of hydrogen-bond acceptors (Lipinski definition) is 4. The number of rotatable bonds is 6. The summed E-state index contributed by atoms with van der Waals surface area (Å²) in [6.45, 7) is 5.04. The normalized spacial score (nSPS) is 16.9. The predicted molar refractivity (Wildman–Crippen MR) is 124 cm³/mol. The molecule has 1 saturated heterocycles. The van der Waals surface area contributed by atoms with Gasteiger partial charge in [-0.05, 0) is 56.3 Å². The van der Waals surface area contributed by atoms with Crippen molar-refractivity contribution < 1.29 is 18.8 Å². The van der Waals surface area contributed by atoms with Gasteiger partial charge in [-0.2, -0.15) is 0 Å². The maximum atomic E-state index is 13.3. The fraction of sp³-hybridized carbons (Fsp3) is 0.400. The average Bonchev–Trinajstić information content (AvgIpc) is 2.79. The molecule has 0 aliphatic carbocycles. The van der Waals surface area contributed by atoms with Crippen LogP contribution < -0.4 is 10.6 Å². The first-order valence-electron chi connectivity index (χ1n) is 11.0. The minimum atomic E-state index is -1.10. The summed E-state index contributed by atoms with van der Waals surface area (Å²) in [5.74, 6) is -0.993. The molecule has 0 unspecified atom stereocenters. The van der Waals surface area contributed by atoms with Crippen LogP contribution in [0.25, 0.3) is 0 Å². The first-order chi connectivity index (χ1) is 15.6. The molecule has 0 aromatic heterocycles. The minimum Gasteiger partial charge on any atom is -0.355 e. The number of nitrogens with one attached hydrogen (secondary N) is 2. The van der Waals surface area contributed by atoms with E-state index in [4.69, 9.17) is 0 Å². The number of nitrogens with zero attached hydrogens (tertiary/aromatic N) is 2. The number of benzene rings is 2. The first-order valence-corrected chi connectivity index (χ1v) is 11.0. The lowest BCUT2D eigenvalue weighted by Gasteiger charge is -2.42. The highest BCUT2D eigenvalue weighted by atomic mass is 19.1. The minimum absolute atomic E-state index is 0.0641. The first kappa shape index (κ1) is 24.4. The number of hydrogen-bond donors (Lipinski definition) is 2. The summed E-state index contributed by atoms with van der Waals surface area (Å²) in [5.41, 5.74) is 1.10. The van der Waals surface area contributed by atoms with Crippen molar-refractivity contribution in [3.8, 4) is 0 Å². The van der Waals surface area contributed by atoms with Crippen molar-refractivity contribution in [2.24, 2.45) is 0 Å². The molecule has 8 heteroatoms. The summed E-state index contributed by atoms with van der Waals surface area (Å²) in [7, 11) is 3.59. The van der Waals surface area contributed by atoms with E-state index in [0.29, 0.717) is 30.8 Å². The van der Waals surface area contributed by atoms with E-state index in [0.717, 1.165) is 5.56 Å². The molecule has 1 heterocycles. The highest BCUT2D eigenvalue weighted by molar-refractivity contribution is 5.94. The van der Waals surface area contributed by atoms with Gasteiger partial charge in [-0.25, -0.2) is 4.39 Å². The number of amides is 3. The molecule has 2 aromatic rings. The number of carbonyl (C=O) groups excluding carboxylic acids is 3. The molecule has 1 atom stereocenters. The van der Waals surface area contributed by atoms with E-state index in [-0.39, 0.29) is 36.0 Å². The zero-order valence-electron chi connectivity index (χ0n) is 19.5. The van der Waals surface area contributed by atoms with E-state index in [1.165, 1.54) is 12.1 Å². The van der Waals surface area contributed by atoms with Gasteiger partial charge in [-0.1, -0.05) is 24.3 Å². The number of carbonyl (C=O) groups is 3. The van der Waals surface area contributed by atoms with Crippen molar-refractivity contribution in [3.63, 3.8) is 0 Å². The molecule has 33 heavy (non-hydrogen) atoms. The summed E-state index contributed by atoms with van der Waals surface area (Å²) in [6, 6.07) is 13.1. The molecule has 1 fully saturated rings. The fourth-order valence-electron chi connectivity index (χ4n) is 4.08. The Morgan fingerprint density at radius 3 is 2.45 bits per heavy atom. The lowest BCUT2D eigenvalue weighted by Crippen LogP contribution is -2.60. The maximum Gasteiger partial charge on any atom is 0.251 e. The van der Waals surface area contributed by atoms with Gasteiger partial charge in [0.2, 0.25) is 11.8 Å². The third-order valence-electron chi connectivity index (χ3n) is 5.96. The molecule has 3 rings (SSSR count). The van der Waals surface area contributed by atoms with Crippen LogP contribution in [0.1, 0.15) is 41.4 Å². The Bertz CT molecular complexity index is 1020. The molecule has 7 nitrogen and oxygen atoms in total. The van der Waals surface area contributed by atoms with Crippen molar-refractivity contribution in [2.75, 3.05) is 33.7 Å². The van der Waals surface area contributed by atoms with Gasteiger partial charge < -0.3 is 15.5 Å². The largest absolute Gasteiger partial charge is 0.355 e. The lowest BCUT2D eigenvalue weighted by atomic mass is 9.97. The Morgan fingerprint density at radius 2 is 1.79 bits per heavy atom. The van der Waals surface area contributed by atoms with Crippen LogP contribution in [-0.2, 0) is 16.0 Å². The summed E-state index contributed by atoms with van der Waals surface area (Å²) >= 11 is 0. The second kappa shape index (κ2) is 10.1. The van der Waals surface area contributed by atoms with Crippen molar-refractivity contribution >= 4 is 17.7 Å². The summed E-state index contributed by atoms with van der Waals surface area (Å²) in [5, 5.41) is 5.46. The van der Waals surface area contributed by atoms with Crippen molar-refractivity contribution in [2.45, 2.75) is 31.8 Å².